The molecule has 1 aromatic heterocycles. The Morgan fingerprint density at radius 3 is 2.62 bits per heavy atom. The highest BCUT2D eigenvalue weighted by Gasteiger charge is 2.23. The van der Waals surface area contributed by atoms with E-state index in [-0.39, 0.29) is 0 Å². The number of piperidine rings is 1. The number of hydrogen-bond donors (Lipinski definition) is 2. The van der Waals surface area contributed by atoms with Gasteiger partial charge < -0.3 is 20.3 Å². The largest absolute Gasteiger partial charge is 0.493 e. The summed E-state index contributed by atoms with van der Waals surface area (Å²) in [4.78, 5) is 11.2. The average Bonchev–Trinajstić information content (AvgIpc) is 3.61. The van der Waals surface area contributed by atoms with Crippen molar-refractivity contribution in [3.63, 3.8) is 0 Å². The first-order valence-electron chi connectivity index (χ1n) is 10.7. The van der Waals surface area contributed by atoms with Gasteiger partial charge in [0.05, 0.1) is 6.61 Å². The van der Waals surface area contributed by atoms with Gasteiger partial charge in [-0.05, 0) is 49.8 Å². The molecule has 0 spiro atoms. The zero-order valence-electron chi connectivity index (χ0n) is 17.2. The summed E-state index contributed by atoms with van der Waals surface area (Å²) in [7, 11) is 1.83. The zero-order valence-corrected chi connectivity index (χ0v) is 17.2. The van der Waals surface area contributed by atoms with Crippen molar-refractivity contribution in [3.8, 4) is 5.75 Å². The van der Waals surface area contributed by atoms with Gasteiger partial charge in [-0.1, -0.05) is 24.3 Å². The van der Waals surface area contributed by atoms with Gasteiger partial charge in [0.15, 0.2) is 5.96 Å². The van der Waals surface area contributed by atoms with E-state index in [4.69, 9.17) is 4.74 Å². The fourth-order valence-corrected chi connectivity index (χ4v) is 3.64. The van der Waals surface area contributed by atoms with Crippen molar-refractivity contribution in [2.45, 2.75) is 38.3 Å². The van der Waals surface area contributed by atoms with Gasteiger partial charge >= 0.3 is 0 Å². The van der Waals surface area contributed by atoms with Crippen LogP contribution in [0.4, 0.5) is 5.82 Å². The summed E-state index contributed by atoms with van der Waals surface area (Å²) in [5.41, 5.74) is 1.17. The minimum Gasteiger partial charge on any atom is -0.493 e. The Kier molecular flexibility index (Phi) is 6.49. The summed E-state index contributed by atoms with van der Waals surface area (Å²) < 4.78 is 6.02. The van der Waals surface area contributed by atoms with Crippen LogP contribution >= 0.6 is 0 Å². The smallest absolute Gasteiger partial charge is 0.191 e. The molecule has 1 aliphatic carbocycles. The Balaban J connectivity index is 1.25. The Morgan fingerprint density at radius 1 is 1.10 bits per heavy atom. The molecule has 2 aliphatic rings. The van der Waals surface area contributed by atoms with Gasteiger partial charge in [-0.25, -0.2) is 4.98 Å². The SMILES string of the molecule is CN=C(NCc1ccccc1OCC1CC1)NC1CCN(c2ccccn2)CC1. The Labute approximate surface area is 173 Å². The summed E-state index contributed by atoms with van der Waals surface area (Å²) in [6.45, 7) is 3.54. The first kappa shape index (κ1) is 19.6. The fraction of sp³-hybridized carbons (Fsp3) is 0.478. The monoisotopic (exact) mass is 393 g/mol. The molecule has 154 valence electrons. The number of ether oxygens (including phenoxy) is 1. The van der Waals surface area contributed by atoms with Crippen LogP contribution in [-0.2, 0) is 6.54 Å². The topological polar surface area (TPSA) is 61.8 Å². The number of nitrogens with one attached hydrogen (secondary N) is 2. The maximum atomic E-state index is 6.02. The average molecular weight is 394 g/mol. The predicted octanol–water partition coefficient (Wildman–Crippen LogP) is 3.20. The molecule has 0 radical (unpaired) electrons. The van der Waals surface area contributed by atoms with Gasteiger partial charge in [0.25, 0.3) is 0 Å². The van der Waals surface area contributed by atoms with Crippen LogP contribution in [0.15, 0.2) is 53.7 Å². The van der Waals surface area contributed by atoms with E-state index in [1.807, 2.05) is 31.4 Å². The number of benzene rings is 1. The summed E-state index contributed by atoms with van der Waals surface area (Å²) in [5.74, 6) is 3.64. The third-order valence-corrected chi connectivity index (χ3v) is 5.62. The standard InChI is InChI=1S/C23H31N5O/c1-24-23(26-16-19-6-2-3-7-21(19)29-17-18-9-10-18)27-20-11-14-28(15-12-20)22-8-4-5-13-25-22/h2-8,13,18,20H,9-12,14-17H2,1H3,(H2,24,26,27). The molecule has 2 N–H and O–H groups in total. The van der Waals surface area contributed by atoms with Gasteiger partial charge in [-0.3, -0.25) is 4.99 Å². The molecule has 0 amide bonds. The molecule has 1 saturated carbocycles. The lowest BCUT2D eigenvalue weighted by Gasteiger charge is -2.33. The highest BCUT2D eigenvalue weighted by molar-refractivity contribution is 5.80. The van der Waals surface area contributed by atoms with Crippen LogP contribution in [0.5, 0.6) is 5.75 Å². The molecule has 2 aromatic rings. The molecule has 1 aromatic carbocycles. The summed E-state index contributed by atoms with van der Waals surface area (Å²) in [6.07, 6.45) is 6.60. The Bertz CT molecular complexity index is 798. The van der Waals surface area contributed by atoms with Crippen molar-refractivity contribution < 1.29 is 4.74 Å². The van der Waals surface area contributed by atoms with Crippen molar-refractivity contribution in [3.05, 3.63) is 54.2 Å². The van der Waals surface area contributed by atoms with Crippen LogP contribution in [0.25, 0.3) is 0 Å². The zero-order chi connectivity index (χ0) is 19.9. The van der Waals surface area contributed by atoms with Gasteiger partial charge in [-0.2, -0.15) is 0 Å². The summed E-state index contributed by atoms with van der Waals surface area (Å²) in [5, 5.41) is 7.03. The van der Waals surface area contributed by atoms with Crippen LogP contribution in [0.2, 0.25) is 0 Å². The van der Waals surface area contributed by atoms with Crippen LogP contribution < -0.4 is 20.3 Å². The van der Waals surface area contributed by atoms with Gasteiger partial charge in [0.2, 0.25) is 0 Å². The number of aromatic nitrogens is 1. The number of rotatable bonds is 7. The van der Waals surface area contributed by atoms with E-state index in [1.165, 1.54) is 18.4 Å². The van der Waals surface area contributed by atoms with Crippen molar-refractivity contribution in [2.75, 3.05) is 31.6 Å². The van der Waals surface area contributed by atoms with Crippen LogP contribution in [0.3, 0.4) is 0 Å². The van der Waals surface area contributed by atoms with E-state index in [9.17, 15) is 0 Å². The van der Waals surface area contributed by atoms with Crippen molar-refractivity contribution >= 4 is 11.8 Å². The molecule has 0 unspecified atom stereocenters. The number of guanidine groups is 1. The Morgan fingerprint density at radius 2 is 1.90 bits per heavy atom. The maximum Gasteiger partial charge on any atom is 0.191 e. The lowest BCUT2D eigenvalue weighted by Crippen LogP contribution is -2.48. The van der Waals surface area contributed by atoms with E-state index in [0.29, 0.717) is 12.6 Å². The minimum absolute atomic E-state index is 0.419. The van der Waals surface area contributed by atoms with E-state index in [2.05, 4.69) is 49.8 Å². The predicted molar refractivity (Wildman–Crippen MR) is 117 cm³/mol. The van der Waals surface area contributed by atoms with Crippen molar-refractivity contribution in [1.82, 2.24) is 15.6 Å². The van der Waals surface area contributed by atoms with Crippen molar-refractivity contribution in [1.29, 1.82) is 0 Å². The molecule has 29 heavy (non-hydrogen) atoms. The lowest BCUT2D eigenvalue weighted by molar-refractivity contribution is 0.296. The summed E-state index contributed by atoms with van der Waals surface area (Å²) in [6, 6.07) is 14.8. The number of hydrogen-bond acceptors (Lipinski definition) is 4. The minimum atomic E-state index is 0.419. The third-order valence-electron chi connectivity index (χ3n) is 5.62. The lowest BCUT2D eigenvalue weighted by atomic mass is 10.1. The molecular weight excluding hydrogens is 362 g/mol. The molecule has 2 heterocycles. The second-order valence-corrected chi connectivity index (χ2v) is 7.88. The first-order chi connectivity index (χ1) is 14.3. The van der Waals surface area contributed by atoms with E-state index in [0.717, 1.165) is 56.0 Å². The van der Waals surface area contributed by atoms with Crippen molar-refractivity contribution in [2.24, 2.45) is 10.9 Å². The highest BCUT2D eigenvalue weighted by atomic mass is 16.5. The normalized spacial score (nSPS) is 17.8. The fourth-order valence-electron chi connectivity index (χ4n) is 3.64. The molecule has 1 aliphatic heterocycles. The number of aliphatic imine (C=N–C) groups is 1. The number of para-hydroxylation sites is 1. The maximum absolute atomic E-state index is 6.02. The van der Waals surface area contributed by atoms with Gasteiger partial charge in [0, 0.05) is 44.5 Å². The van der Waals surface area contributed by atoms with E-state index >= 15 is 0 Å². The highest BCUT2D eigenvalue weighted by Crippen LogP contribution is 2.30. The van der Waals surface area contributed by atoms with Gasteiger partial charge in [-0.15, -0.1) is 0 Å². The van der Waals surface area contributed by atoms with E-state index in [1.54, 1.807) is 0 Å². The number of anilines is 1. The quantitative estimate of drug-likeness (QED) is 0.559. The first-order valence-corrected chi connectivity index (χ1v) is 10.7. The van der Waals surface area contributed by atoms with E-state index < -0.39 is 0 Å². The third kappa shape index (κ3) is 5.62. The molecule has 6 nitrogen and oxygen atoms in total. The second-order valence-electron chi connectivity index (χ2n) is 7.88. The van der Waals surface area contributed by atoms with Crippen LogP contribution in [-0.4, -0.2) is 43.7 Å². The Hall–Kier alpha value is -2.76. The molecule has 6 heteroatoms. The number of pyridine rings is 1. The van der Waals surface area contributed by atoms with Crippen LogP contribution in [0.1, 0.15) is 31.2 Å². The molecule has 4 rings (SSSR count). The molecule has 0 bridgehead atoms. The van der Waals surface area contributed by atoms with Gasteiger partial charge in [0.1, 0.15) is 11.6 Å². The second kappa shape index (κ2) is 9.63. The number of nitrogens with zero attached hydrogens (tertiary/aromatic N) is 3. The summed E-state index contributed by atoms with van der Waals surface area (Å²) >= 11 is 0. The molecule has 2 fully saturated rings. The molecule has 0 atom stereocenters. The van der Waals surface area contributed by atoms with Crippen LogP contribution in [0, 0.1) is 5.92 Å². The molecular formula is C23H31N5O. The molecule has 1 saturated heterocycles.